The molecule has 0 aliphatic rings. The second kappa shape index (κ2) is 14.0. The normalized spacial score (nSPS) is 13.8. The molecule has 0 aliphatic heterocycles. The van der Waals surface area contributed by atoms with Crippen LogP contribution in [0.3, 0.4) is 0 Å². The Labute approximate surface area is 234 Å². The number of rotatable bonds is 12. The zero-order valence-corrected chi connectivity index (χ0v) is 22.0. The molecular formula is C26H19F6NO8S. The first-order valence-corrected chi connectivity index (χ1v) is 12.9. The molecule has 0 saturated carbocycles. The number of benzene rings is 3. The van der Waals surface area contributed by atoms with Gasteiger partial charge in [0.25, 0.3) is 0 Å². The number of carbonyl (C=O) groups is 2. The first-order chi connectivity index (χ1) is 19.9. The number of hydrogen-bond donors (Lipinski definition) is 0. The van der Waals surface area contributed by atoms with Crippen molar-refractivity contribution >= 4 is 28.3 Å². The Balaban J connectivity index is 2.08. The maximum Gasteiger partial charge on any atom is 0.338 e. The van der Waals surface area contributed by atoms with Gasteiger partial charge in [-0.25, -0.2) is 35.9 Å². The minimum atomic E-state index is -6.02. The van der Waals surface area contributed by atoms with Gasteiger partial charge in [-0.2, -0.15) is 8.42 Å². The van der Waals surface area contributed by atoms with Crippen LogP contribution in [0.1, 0.15) is 20.7 Å². The van der Waals surface area contributed by atoms with Gasteiger partial charge in [-0.05, 0) is 24.3 Å². The summed E-state index contributed by atoms with van der Waals surface area (Å²) in [5.74, 6) is -15.9. The molecule has 0 unspecified atom stereocenters. The van der Waals surface area contributed by atoms with Gasteiger partial charge < -0.3 is 14.3 Å². The molecule has 42 heavy (non-hydrogen) atoms. The van der Waals surface area contributed by atoms with Gasteiger partial charge >= 0.3 is 22.1 Å². The van der Waals surface area contributed by atoms with Crippen LogP contribution in [-0.2, 0) is 28.6 Å². The molecule has 0 aliphatic carbocycles. The third kappa shape index (κ3) is 7.44. The van der Waals surface area contributed by atoms with Crippen LogP contribution in [0.15, 0.2) is 70.7 Å². The zero-order valence-electron chi connectivity index (χ0n) is 21.2. The highest BCUT2D eigenvalue weighted by Crippen LogP contribution is 2.30. The molecule has 0 N–H and O–H groups in total. The van der Waals surface area contributed by atoms with Crippen LogP contribution in [0.5, 0.6) is 0 Å². The number of nitrogens with zero attached hydrogens (tertiary/aromatic N) is 1. The molecule has 0 aromatic heterocycles. The molecule has 0 amide bonds. The Morgan fingerprint density at radius 2 is 1.29 bits per heavy atom. The standard InChI is InChI=1S/C26H19F6NO8S/c1-38-33-12-16(27)23(40-26(35)15-10-6-3-7-11-15)17(13-39-25(34)14-8-4-2-5-9-14)41-42(36,37)24-21(31)19(29)18(28)20(30)22(24)32/h2-12,16-17,23H,13H2,1H3/t16-,17-,23+/m1/s1. The lowest BCUT2D eigenvalue weighted by Crippen LogP contribution is -2.45. The highest BCUT2D eigenvalue weighted by Gasteiger charge is 2.42. The van der Waals surface area contributed by atoms with Crippen molar-refractivity contribution in [3.05, 3.63) is 101 Å². The quantitative estimate of drug-likeness (QED) is 0.0553. The molecule has 0 heterocycles. The maximum absolute atomic E-state index is 15.3. The van der Waals surface area contributed by atoms with Crippen LogP contribution in [0.2, 0.25) is 0 Å². The highest BCUT2D eigenvalue weighted by molar-refractivity contribution is 7.86. The molecule has 0 radical (unpaired) electrons. The predicted molar refractivity (Wildman–Crippen MR) is 131 cm³/mol. The van der Waals surface area contributed by atoms with E-state index >= 15 is 4.39 Å². The lowest BCUT2D eigenvalue weighted by atomic mass is 10.1. The van der Waals surface area contributed by atoms with Gasteiger partial charge in [0.2, 0.25) is 5.82 Å². The average Bonchev–Trinajstić information content (AvgIpc) is 2.99. The minimum Gasteiger partial charge on any atom is -0.459 e. The number of esters is 2. The lowest BCUT2D eigenvalue weighted by Gasteiger charge is -2.27. The summed E-state index contributed by atoms with van der Waals surface area (Å²) in [6.07, 6.45) is -7.13. The van der Waals surface area contributed by atoms with E-state index in [9.17, 15) is 40.0 Å². The van der Waals surface area contributed by atoms with E-state index in [1.165, 1.54) is 54.6 Å². The van der Waals surface area contributed by atoms with Gasteiger partial charge in [-0.1, -0.05) is 41.6 Å². The van der Waals surface area contributed by atoms with E-state index in [0.717, 1.165) is 7.11 Å². The molecule has 0 saturated heterocycles. The Kier molecular flexibility index (Phi) is 10.7. The van der Waals surface area contributed by atoms with Crippen molar-refractivity contribution in [2.24, 2.45) is 5.16 Å². The maximum atomic E-state index is 15.3. The number of carbonyl (C=O) groups excluding carboxylic acids is 2. The van der Waals surface area contributed by atoms with Gasteiger partial charge in [0.05, 0.1) is 17.3 Å². The van der Waals surface area contributed by atoms with E-state index in [4.69, 9.17) is 9.47 Å². The monoisotopic (exact) mass is 619 g/mol. The molecule has 0 bridgehead atoms. The molecule has 9 nitrogen and oxygen atoms in total. The lowest BCUT2D eigenvalue weighted by molar-refractivity contribution is -0.0480. The van der Waals surface area contributed by atoms with Crippen LogP contribution < -0.4 is 0 Å². The van der Waals surface area contributed by atoms with E-state index in [2.05, 4.69) is 14.2 Å². The van der Waals surface area contributed by atoms with Crippen LogP contribution in [0.4, 0.5) is 26.3 Å². The average molecular weight is 619 g/mol. The fourth-order valence-corrected chi connectivity index (χ4v) is 4.53. The fraction of sp³-hybridized carbons (Fsp3) is 0.192. The van der Waals surface area contributed by atoms with Crippen molar-refractivity contribution in [1.29, 1.82) is 0 Å². The first-order valence-electron chi connectivity index (χ1n) is 11.5. The van der Waals surface area contributed by atoms with E-state index < -0.39 is 81.0 Å². The van der Waals surface area contributed by atoms with Crippen molar-refractivity contribution in [1.82, 2.24) is 0 Å². The topological polar surface area (TPSA) is 118 Å². The third-order valence-corrected chi connectivity index (χ3v) is 6.66. The molecule has 16 heteroatoms. The van der Waals surface area contributed by atoms with Crippen LogP contribution in [-0.4, -0.2) is 58.7 Å². The summed E-state index contributed by atoms with van der Waals surface area (Å²) in [6, 6.07) is 13.7. The molecule has 3 atom stereocenters. The van der Waals surface area contributed by atoms with Gasteiger partial charge in [0.1, 0.15) is 13.7 Å². The summed E-state index contributed by atoms with van der Waals surface area (Å²) in [7, 11) is -5.02. The summed E-state index contributed by atoms with van der Waals surface area (Å²) in [5.41, 5.74) is -0.268. The summed E-state index contributed by atoms with van der Waals surface area (Å²) in [5, 5.41) is 3.15. The predicted octanol–water partition coefficient (Wildman–Crippen LogP) is 4.51. The smallest absolute Gasteiger partial charge is 0.338 e. The van der Waals surface area contributed by atoms with E-state index in [-0.39, 0.29) is 11.1 Å². The summed E-state index contributed by atoms with van der Waals surface area (Å²) >= 11 is 0. The molecule has 0 fully saturated rings. The molecule has 3 aromatic rings. The second-order valence-corrected chi connectivity index (χ2v) is 9.58. The van der Waals surface area contributed by atoms with Gasteiger partial charge in [0, 0.05) is 0 Å². The van der Waals surface area contributed by atoms with Crippen LogP contribution in [0.25, 0.3) is 0 Å². The fourth-order valence-electron chi connectivity index (χ4n) is 3.32. The minimum absolute atomic E-state index is 0.0885. The van der Waals surface area contributed by atoms with Gasteiger partial charge in [-0.3, -0.25) is 4.18 Å². The SMILES string of the molecule is CON=C[C@@H](F)[C@H](OC(=O)c1ccccc1)[C@@H](COC(=O)c1ccccc1)OS(=O)(=O)c1c(F)c(F)c(F)c(F)c1F. The highest BCUT2D eigenvalue weighted by atomic mass is 32.2. The Bertz CT molecular complexity index is 1530. The Hall–Kier alpha value is -4.44. The van der Waals surface area contributed by atoms with Crippen molar-refractivity contribution in [3.63, 3.8) is 0 Å². The molecule has 224 valence electrons. The summed E-state index contributed by atoms with van der Waals surface area (Å²) in [4.78, 5) is 27.2. The van der Waals surface area contributed by atoms with Crippen molar-refractivity contribution in [2.75, 3.05) is 13.7 Å². The van der Waals surface area contributed by atoms with Crippen molar-refractivity contribution in [3.8, 4) is 0 Å². The van der Waals surface area contributed by atoms with Crippen LogP contribution >= 0.6 is 0 Å². The summed E-state index contributed by atoms with van der Waals surface area (Å²) in [6.45, 7) is -1.28. The number of alkyl halides is 1. The summed E-state index contributed by atoms with van der Waals surface area (Å²) < 4.78 is 126. The van der Waals surface area contributed by atoms with Gasteiger partial charge in [-0.15, -0.1) is 0 Å². The number of hydrogen-bond acceptors (Lipinski definition) is 9. The second-order valence-electron chi connectivity index (χ2n) is 8.07. The molecule has 3 aromatic carbocycles. The van der Waals surface area contributed by atoms with Crippen molar-refractivity contribution < 1.29 is 62.8 Å². The van der Waals surface area contributed by atoms with E-state index in [0.29, 0.717) is 6.21 Å². The number of oxime groups is 1. The third-order valence-electron chi connectivity index (χ3n) is 5.30. The van der Waals surface area contributed by atoms with Gasteiger partial charge in [0.15, 0.2) is 46.5 Å². The largest absolute Gasteiger partial charge is 0.459 e. The molecular weight excluding hydrogens is 600 g/mol. The van der Waals surface area contributed by atoms with Crippen LogP contribution in [0, 0.1) is 29.1 Å². The Morgan fingerprint density at radius 3 is 1.79 bits per heavy atom. The van der Waals surface area contributed by atoms with E-state index in [1.807, 2.05) is 0 Å². The number of ether oxygens (including phenoxy) is 2. The molecule has 3 rings (SSSR count). The molecule has 0 spiro atoms. The Morgan fingerprint density at radius 1 is 0.810 bits per heavy atom. The van der Waals surface area contributed by atoms with E-state index in [1.54, 1.807) is 6.07 Å². The zero-order chi connectivity index (χ0) is 31.0. The first kappa shape index (κ1) is 32.1. The number of halogens is 6. The van der Waals surface area contributed by atoms with Crippen molar-refractivity contribution in [2.45, 2.75) is 23.3 Å².